The van der Waals surface area contributed by atoms with Crippen molar-refractivity contribution in [2.45, 2.75) is 39.3 Å². The number of carbonyl (C=O) groups excluding carboxylic acids is 1. The zero-order chi connectivity index (χ0) is 22.3. The second kappa shape index (κ2) is 10.4. The summed E-state index contributed by atoms with van der Waals surface area (Å²) < 4.78 is 7.46. The number of nitrogens with one attached hydrogen (secondary N) is 1. The van der Waals surface area contributed by atoms with E-state index in [1.165, 1.54) is 11.8 Å². The van der Waals surface area contributed by atoms with Crippen LogP contribution >= 0.6 is 0 Å². The maximum absolute atomic E-state index is 12.6. The second-order valence-corrected chi connectivity index (χ2v) is 8.62. The number of nitrogens with zero attached hydrogens (tertiary/aromatic N) is 4. The Hall–Kier alpha value is -3.19. The molecule has 3 heterocycles. The van der Waals surface area contributed by atoms with E-state index in [1.807, 2.05) is 6.07 Å². The highest BCUT2D eigenvalue weighted by molar-refractivity contribution is 5.91. The molecule has 0 saturated carbocycles. The van der Waals surface area contributed by atoms with Crippen molar-refractivity contribution in [3.8, 4) is 0 Å². The second-order valence-electron chi connectivity index (χ2n) is 8.62. The van der Waals surface area contributed by atoms with Gasteiger partial charge in [0, 0.05) is 32.6 Å². The van der Waals surface area contributed by atoms with Gasteiger partial charge in [0.25, 0.3) is 5.91 Å². The predicted molar refractivity (Wildman–Crippen MR) is 124 cm³/mol. The molecule has 1 N–H and O–H groups in total. The lowest BCUT2D eigenvalue weighted by atomic mass is 10.0. The van der Waals surface area contributed by atoms with Crippen molar-refractivity contribution in [2.75, 3.05) is 19.6 Å². The van der Waals surface area contributed by atoms with Gasteiger partial charge in [-0.05, 0) is 30.0 Å². The van der Waals surface area contributed by atoms with Crippen molar-refractivity contribution in [1.82, 2.24) is 25.0 Å². The van der Waals surface area contributed by atoms with Crippen LogP contribution in [0.4, 0.5) is 0 Å². The Morgan fingerprint density at radius 3 is 2.72 bits per heavy atom. The fourth-order valence-electron chi connectivity index (χ4n) is 4.07. The SMILES string of the molecule is CC(C)CC(NC(=O)c1ccco1)c1nnc2n1CCN(CC=Cc1ccccc1)CC2. The molecule has 1 unspecified atom stereocenters. The van der Waals surface area contributed by atoms with E-state index >= 15 is 0 Å². The van der Waals surface area contributed by atoms with Crippen LogP contribution < -0.4 is 5.32 Å². The van der Waals surface area contributed by atoms with Gasteiger partial charge < -0.3 is 14.3 Å². The van der Waals surface area contributed by atoms with Gasteiger partial charge in [-0.15, -0.1) is 10.2 Å². The Bertz CT molecular complexity index is 1020. The molecule has 1 atom stereocenters. The highest BCUT2D eigenvalue weighted by Crippen LogP contribution is 2.23. The molecule has 0 spiro atoms. The summed E-state index contributed by atoms with van der Waals surface area (Å²) in [5.41, 5.74) is 1.21. The average molecular weight is 434 g/mol. The topological polar surface area (TPSA) is 76.2 Å². The molecule has 1 amide bonds. The number of furan rings is 1. The van der Waals surface area contributed by atoms with Crippen LogP contribution in [0.15, 0.2) is 59.2 Å². The van der Waals surface area contributed by atoms with Crippen molar-refractivity contribution in [3.05, 3.63) is 77.8 Å². The molecule has 0 saturated heterocycles. The minimum atomic E-state index is -0.223. The van der Waals surface area contributed by atoms with E-state index in [9.17, 15) is 4.79 Å². The Labute approximate surface area is 189 Å². The lowest BCUT2D eigenvalue weighted by molar-refractivity contribution is 0.0900. The number of fused-ring (bicyclic) bond motifs is 1. The first kappa shape index (κ1) is 22.0. The maximum Gasteiger partial charge on any atom is 0.287 e. The summed E-state index contributed by atoms with van der Waals surface area (Å²) in [5.74, 6) is 2.30. The third kappa shape index (κ3) is 5.53. The Kier molecular flexibility index (Phi) is 7.17. The third-order valence-corrected chi connectivity index (χ3v) is 5.69. The van der Waals surface area contributed by atoms with E-state index in [1.54, 1.807) is 12.1 Å². The molecule has 1 aliphatic rings. The first-order chi connectivity index (χ1) is 15.6. The van der Waals surface area contributed by atoms with Gasteiger partial charge in [0.2, 0.25) is 0 Å². The van der Waals surface area contributed by atoms with Gasteiger partial charge in [-0.25, -0.2) is 0 Å². The van der Waals surface area contributed by atoms with Gasteiger partial charge in [-0.3, -0.25) is 9.69 Å². The molecule has 4 rings (SSSR count). The molecule has 3 aromatic rings. The van der Waals surface area contributed by atoms with Gasteiger partial charge in [0.05, 0.1) is 12.3 Å². The molecule has 0 radical (unpaired) electrons. The van der Waals surface area contributed by atoms with Crippen molar-refractivity contribution in [3.63, 3.8) is 0 Å². The van der Waals surface area contributed by atoms with E-state index in [0.29, 0.717) is 11.7 Å². The quantitative estimate of drug-likeness (QED) is 0.582. The molecule has 1 aromatic carbocycles. The molecule has 32 heavy (non-hydrogen) atoms. The van der Waals surface area contributed by atoms with Gasteiger partial charge >= 0.3 is 0 Å². The molecule has 0 bridgehead atoms. The number of benzene rings is 1. The Morgan fingerprint density at radius 2 is 1.97 bits per heavy atom. The number of aromatic nitrogens is 3. The van der Waals surface area contributed by atoms with Gasteiger partial charge in [0.15, 0.2) is 11.6 Å². The Balaban J connectivity index is 1.43. The largest absolute Gasteiger partial charge is 0.459 e. The van der Waals surface area contributed by atoms with Crippen LogP contribution in [0.5, 0.6) is 0 Å². The van der Waals surface area contributed by atoms with E-state index in [2.05, 4.69) is 75.2 Å². The summed E-state index contributed by atoms with van der Waals surface area (Å²) >= 11 is 0. The molecular formula is C25H31N5O2. The summed E-state index contributed by atoms with van der Waals surface area (Å²) in [7, 11) is 0. The van der Waals surface area contributed by atoms with E-state index in [4.69, 9.17) is 4.42 Å². The van der Waals surface area contributed by atoms with E-state index in [0.717, 1.165) is 50.7 Å². The summed E-state index contributed by atoms with van der Waals surface area (Å²) in [5, 5.41) is 12.1. The van der Waals surface area contributed by atoms with Crippen molar-refractivity contribution in [1.29, 1.82) is 0 Å². The van der Waals surface area contributed by atoms with Gasteiger partial charge in [-0.1, -0.05) is 56.3 Å². The van der Waals surface area contributed by atoms with Gasteiger partial charge in [-0.2, -0.15) is 0 Å². The van der Waals surface area contributed by atoms with Gasteiger partial charge in [0.1, 0.15) is 5.82 Å². The minimum Gasteiger partial charge on any atom is -0.459 e. The smallest absolute Gasteiger partial charge is 0.287 e. The lowest BCUT2D eigenvalue weighted by Crippen LogP contribution is -2.32. The van der Waals surface area contributed by atoms with Crippen LogP contribution in [0, 0.1) is 5.92 Å². The molecule has 168 valence electrons. The van der Waals surface area contributed by atoms with E-state index in [-0.39, 0.29) is 11.9 Å². The van der Waals surface area contributed by atoms with E-state index < -0.39 is 0 Å². The summed E-state index contributed by atoms with van der Waals surface area (Å²) in [6.07, 6.45) is 7.52. The maximum atomic E-state index is 12.6. The number of hydrogen-bond acceptors (Lipinski definition) is 5. The highest BCUT2D eigenvalue weighted by Gasteiger charge is 2.26. The highest BCUT2D eigenvalue weighted by atomic mass is 16.3. The Morgan fingerprint density at radius 1 is 1.12 bits per heavy atom. The molecule has 7 nitrogen and oxygen atoms in total. The molecule has 1 aliphatic heterocycles. The normalized spacial score (nSPS) is 15.6. The zero-order valence-electron chi connectivity index (χ0n) is 18.8. The summed E-state index contributed by atoms with van der Waals surface area (Å²) in [6, 6.07) is 13.5. The zero-order valence-corrected chi connectivity index (χ0v) is 18.8. The monoisotopic (exact) mass is 433 g/mol. The van der Waals surface area contributed by atoms with Crippen LogP contribution in [0.2, 0.25) is 0 Å². The van der Waals surface area contributed by atoms with Crippen LogP contribution in [0.1, 0.15) is 54.1 Å². The summed E-state index contributed by atoms with van der Waals surface area (Å²) in [6.45, 7) is 7.84. The third-order valence-electron chi connectivity index (χ3n) is 5.69. The lowest BCUT2D eigenvalue weighted by Gasteiger charge is -2.21. The number of amides is 1. The minimum absolute atomic E-state index is 0.210. The molecule has 7 heteroatoms. The number of hydrogen-bond donors (Lipinski definition) is 1. The fraction of sp³-hybridized carbons (Fsp3) is 0.400. The molecule has 0 aliphatic carbocycles. The first-order valence-corrected chi connectivity index (χ1v) is 11.3. The van der Waals surface area contributed by atoms with Crippen LogP contribution in [0.3, 0.4) is 0 Å². The standard InChI is InChI=1S/C25H31N5O2/c1-19(2)18-21(26-25(31)22-11-7-17-32-22)24-28-27-23-12-14-29(15-16-30(23)24)13-6-10-20-8-4-3-5-9-20/h3-11,17,19,21H,12-16,18H2,1-2H3,(H,26,31). The number of carbonyl (C=O) groups is 1. The number of rotatable bonds is 8. The predicted octanol–water partition coefficient (Wildman–Crippen LogP) is 3.96. The van der Waals surface area contributed by atoms with Crippen LogP contribution in [0.25, 0.3) is 6.08 Å². The van der Waals surface area contributed by atoms with Crippen LogP contribution in [-0.2, 0) is 13.0 Å². The molecule has 2 aromatic heterocycles. The van der Waals surface area contributed by atoms with Crippen molar-refractivity contribution in [2.24, 2.45) is 5.92 Å². The fourth-order valence-corrected chi connectivity index (χ4v) is 4.07. The van der Waals surface area contributed by atoms with Crippen molar-refractivity contribution < 1.29 is 9.21 Å². The van der Waals surface area contributed by atoms with Crippen LogP contribution in [-0.4, -0.2) is 45.2 Å². The van der Waals surface area contributed by atoms with Crippen molar-refractivity contribution >= 4 is 12.0 Å². The molecular weight excluding hydrogens is 402 g/mol. The molecule has 0 fully saturated rings. The first-order valence-electron chi connectivity index (χ1n) is 11.3. The average Bonchev–Trinajstić information content (AvgIpc) is 3.42. The summed E-state index contributed by atoms with van der Waals surface area (Å²) in [4.78, 5) is 15.1.